The quantitative estimate of drug-likeness (QED) is 0.0800. The summed E-state index contributed by atoms with van der Waals surface area (Å²) in [5.74, 6) is 0. The minimum Gasteiger partial charge on any atom is -0.0853 e. The minimum atomic E-state index is 1.34. The molecule has 0 aromatic rings. The van der Waals surface area contributed by atoms with Gasteiger partial charge in [-0.1, -0.05) is 174 Å². The van der Waals surface area contributed by atoms with Crippen molar-refractivity contribution in [3.8, 4) is 0 Å². The Hall–Kier alpha value is -0.260. The van der Waals surface area contributed by atoms with Gasteiger partial charge in [-0.25, -0.2) is 0 Å². The van der Waals surface area contributed by atoms with Crippen molar-refractivity contribution in [2.45, 2.75) is 201 Å². The molecule has 0 rings (SSSR count). The van der Waals surface area contributed by atoms with Crippen LogP contribution < -0.4 is 0 Å². The highest BCUT2D eigenvalue weighted by Crippen LogP contribution is 2.20. The summed E-state index contributed by atoms with van der Waals surface area (Å²) in [7, 11) is 0. The van der Waals surface area contributed by atoms with E-state index in [0.29, 0.717) is 0 Å². The molecule has 198 valence electrons. The maximum Gasteiger partial charge on any atom is -0.0320 e. The molecule has 0 heterocycles. The molecule has 0 radical (unpaired) electrons. The van der Waals surface area contributed by atoms with Gasteiger partial charge >= 0.3 is 0 Å². The van der Waals surface area contributed by atoms with Crippen LogP contribution in [0.4, 0.5) is 0 Å². The first-order valence-corrected chi connectivity index (χ1v) is 16.0. The third-order valence-corrected chi connectivity index (χ3v) is 7.44. The smallest absolute Gasteiger partial charge is 0.0320 e. The molecule has 0 saturated carbocycles. The zero-order valence-corrected chi connectivity index (χ0v) is 23.9. The van der Waals surface area contributed by atoms with Crippen LogP contribution in [0.15, 0.2) is 11.6 Å². The fourth-order valence-corrected chi connectivity index (χ4v) is 5.06. The zero-order chi connectivity index (χ0) is 24.1. The van der Waals surface area contributed by atoms with Crippen LogP contribution in [0, 0.1) is 0 Å². The molecule has 0 aliphatic heterocycles. The summed E-state index contributed by atoms with van der Waals surface area (Å²) < 4.78 is 0. The largest absolute Gasteiger partial charge is 0.0853 e. The summed E-state index contributed by atoms with van der Waals surface area (Å²) in [6, 6.07) is 0. The van der Waals surface area contributed by atoms with E-state index in [1.807, 2.05) is 5.57 Å². The molecule has 0 saturated heterocycles. The van der Waals surface area contributed by atoms with Gasteiger partial charge in [-0.2, -0.15) is 0 Å². The summed E-state index contributed by atoms with van der Waals surface area (Å²) >= 11 is 0. The summed E-state index contributed by atoms with van der Waals surface area (Å²) in [5, 5.41) is 0. The molecule has 33 heavy (non-hydrogen) atoms. The van der Waals surface area contributed by atoms with E-state index in [1.165, 1.54) is 180 Å². The Morgan fingerprint density at radius 2 is 0.606 bits per heavy atom. The van der Waals surface area contributed by atoms with Crippen LogP contribution in [-0.2, 0) is 0 Å². The van der Waals surface area contributed by atoms with Crippen LogP contribution in [0.5, 0.6) is 0 Å². The number of allylic oxidation sites excluding steroid dienone is 2. The van der Waals surface area contributed by atoms with Gasteiger partial charge in [0.2, 0.25) is 0 Å². The van der Waals surface area contributed by atoms with Gasteiger partial charge in [0.25, 0.3) is 0 Å². The summed E-state index contributed by atoms with van der Waals surface area (Å²) in [6.07, 6.45) is 42.9. The molecule has 0 unspecified atom stereocenters. The Kier molecular flexibility index (Phi) is 29.5. The standard InChI is InChI=1S/C33H66/c1-4-7-10-13-16-18-19-20-23-26-29-32-33(30-27-24-21-15-12-9-6-3)31-28-25-22-17-14-11-8-5-2/h30H,4-29,31-32H2,1-3H3. The highest BCUT2D eigenvalue weighted by molar-refractivity contribution is 5.02. The van der Waals surface area contributed by atoms with E-state index in [0.717, 1.165) is 0 Å². The Morgan fingerprint density at radius 1 is 0.333 bits per heavy atom. The van der Waals surface area contributed by atoms with Gasteiger partial charge < -0.3 is 0 Å². The third kappa shape index (κ3) is 27.9. The van der Waals surface area contributed by atoms with Gasteiger partial charge in [-0.15, -0.1) is 0 Å². The van der Waals surface area contributed by atoms with Crippen LogP contribution in [0.3, 0.4) is 0 Å². The van der Waals surface area contributed by atoms with E-state index in [4.69, 9.17) is 0 Å². The highest BCUT2D eigenvalue weighted by atomic mass is 14.1. The second kappa shape index (κ2) is 29.8. The van der Waals surface area contributed by atoms with Crippen molar-refractivity contribution < 1.29 is 0 Å². The molecule has 0 fully saturated rings. The van der Waals surface area contributed by atoms with Gasteiger partial charge in [0.1, 0.15) is 0 Å². The molecule has 0 heteroatoms. The number of rotatable bonds is 28. The number of unbranched alkanes of at least 4 members (excludes halogenated alkanes) is 23. The lowest BCUT2D eigenvalue weighted by molar-refractivity contribution is 0.544. The molecule has 0 aliphatic rings. The van der Waals surface area contributed by atoms with Gasteiger partial charge in [-0.05, 0) is 38.5 Å². The van der Waals surface area contributed by atoms with Crippen molar-refractivity contribution >= 4 is 0 Å². The average Bonchev–Trinajstić information content (AvgIpc) is 2.83. The topological polar surface area (TPSA) is 0 Å². The van der Waals surface area contributed by atoms with Gasteiger partial charge in [0, 0.05) is 0 Å². The molecular weight excluding hydrogens is 396 g/mol. The van der Waals surface area contributed by atoms with E-state index >= 15 is 0 Å². The number of hydrogen-bond acceptors (Lipinski definition) is 0. The van der Waals surface area contributed by atoms with Crippen LogP contribution in [0.25, 0.3) is 0 Å². The van der Waals surface area contributed by atoms with Crippen LogP contribution in [0.1, 0.15) is 201 Å². The summed E-state index contributed by atoms with van der Waals surface area (Å²) in [5.41, 5.74) is 1.81. The molecular formula is C33H66. The number of hydrogen-bond donors (Lipinski definition) is 0. The Morgan fingerprint density at radius 3 is 0.939 bits per heavy atom. The van der Waals surface area contributed by atoms with E-state index < -0.39 is 0 Å². The highest BCUT2D eigenvalue weighted by Gasteiger charge is 2.01. The lowest BCUT2D eigenvalue weighted by Gasteiger charge is -2.09. The fourth-order valence-electron chi connectivity index (χ4n) is 5.06. The molecule has 0 N–H and O–H groups in total. The van der Waals surface area contributed by atoms with Crippen molar-refractivity contribution in [1.29, 1.82) is 0 Å². The maximum absolute atomic E-state index is 2.66. The van der Waals surface area contributed by atoms with Crippen molar-refractivity contribution in [3.63, 3.8) is 0 Å². The summed E-state index contributed by atoms with van der Waals surface area (Å²) in [6.45, 7) is 6.94. The van der Waals surface area contributed by atoms with E-state index in [2.05, 4.69) is 26.8 Å². The van der Waals surface area contributed by atoms with E-state index in [-0.39, 0.29) is 0 Å². The predicted molar refractivity (Wildman–Crippen MR) is 154 cm³/mol. The van der Waals surface area contributed by atoms with Gasteiger partial charge in [-0.3, -0.25) is 0 Å². The molecule has 0 atom stereocenters. The molecule has 0 bridgehead atoms. The van der Waals surface area contributed by atoms with Crippen molar-refractivity contribution in [3.05, 3.63) is 11.6 Å². The Bertz CT molecular complexity index is 366. The molecule has 0 amide bonds. The molecule has 0 nitrogen and oxygen atoms in total. The molecule has 0 spiro atoms. The third-order valence-electron chi connectivity index (χ3n) is 7.44. The fraction of sp³-hybridized carbons (Fsp3) is 0.939. The normalized spacial score (nSPS) is 12.0. The van der Waals surface area contributed by atoms with Crippen molar-refractivity contribution in [2.24, 2.45) is 0 Å². The predicted octanol–water partition coefficient (Wildman–Crippen LogP) is 12.9. The first-order valence-electron chi connectivity index (χ1n) is 16.0. The monoisotopic (exact) mass is 463 g/mol. The van der Waals surface area contributed by atoms with Crippen LogP contribution >= 0.6 is 0 Å². The molecule has 0 aromatic heterocycles. The molecule has 0 aliphatic carbocycles. The van der Waals surface area contributed by atoms with Crippen molar-refractivity contribution in [2.75, 3.05) is 0 Å². The lowest BCUT2D eigenvalue weighted by Crippen LogP contribution is -1.89. The first-order chi connectivity index (χ1) is 16.3. The zero-order valence-electron chi connectivity index (χ0n) is 23.9. The lowest BCUT2D eigenvalue weighted by atomic mass is 9.97. The minimum absolute atomic E-state index is 1.34. The second-order valence-corrected chi connectivity index (χ2v) is 10.9. The van der Waals surface area contributed by atoms with Gasteiger partial charge in [0.15, 0.2) is 0 Å². The SMILES string of the molecule is CCCCCCCCC=C(CCCCCCCCCC)CCCCCCCCCCCCC. The van der Waals surface area contributed by atoms with E-state index in [1.54, 1.807) is 0 Å². The average molecular weight is 463 g/mol. The Balaban J connectivity index is 3.90. The van der Waals surface area contributed by atoms with Gasteiger partial charge in [0.05, 0.1) is 0 Å². The summed E-state index contributed by atoms with van der Waals surface area (Å²) in [4.78, 5) is 0. The first kappa shape index (κ1) is 32.7. The van der Waals surface area contributed by atoms with Crippen LogP contribution in [-0.4, -0.2) is 0 Å². The van der Waals surface area contributed by atoms with Crippen molar-refractivity contribution in [1.82, 2.24) is 0 Å². The second-order valence-electron chi connectivity index (χ2n) is 10.9. The Labute approximate surface area is 212 Å². The maximum atomic E-state index is 2.66. The molecule has 0 aromatic carbocycles. The van der Waals surface area contributed by atoms with E-state index in [9.17, 15) is 0 Å². The van der Waals surface area contributed by atoms with Crippen LogP contribution in [0.2, 0.25) is 0 Å².